The maximum absolute atomic E-state index is 12.3. The third kappa shape index (κ3) is 5.52. The van der Waals surface area contributed by atoms with E-state index in [0.717, 1.165) is 51.4 Å². The molecule has 0 bridgehead atoms. The Kier molecular flexibility index (Phi) is 6.86. The summed E-state index contributed by atoms with van der Waals surface area (Å²) in [6.45, 7) is 9.60. The van der Waals surface area contributed by atoms with E-state index in [4.69, 9.17) is 4.74 Å². The number of hydrogen-bond donors (Lipinski definition) is 1. The third-order valence-corrected chi connectivity index (χ3v) is 4.31. The van der Waals surface area contributed by atoms with E-state index < -0.39 is 0 Å². The number of carbonyl (C=O) groups is 1. The van der Waals surface area contributed by atoms with Gasteiger partial charge in [0.1, 0.15) is 0 Å². The Morgan fingerprint density at radius 2 is 1.83 bits per heavy atom. The molecule has 1 N–H and O–H groups in total. The summed E-state index contributed by atoms with van der Waals surface area (Å²) in [6, 6.07) is 8.11. The minimum Gasteiger partial charge on any atom is -0.385 e. The number of anilines is 1. The van der Waals surface area contributed by atoms with Crippen LogP contribution in [0.3, 0.4) is 0 Å². The largest absolute Gasteiger partial charge is 0.385 e. The van der Waals surface area contributed by atoms with E-state index in [2.05, 4.69) is 36.2 Å². The second-order valence-corrected chi connectivity index (χ2v) is 6.38. The summed E-state index contributed by atoms with van der Waals surface area (Å²) in [5, 5.41) is 2.99. The molecule has 2 amide bonds. The summed E-state index contributed by atoms with van der Waals surface area (Å²) < 4.78 is 5.08. The summed E-state index contributed by atoms with van der Waals surface area (Å²) in [6.07, 6.45) is 1.05. The van der Waals surface area contributed by atoms with Crippen molar-refractivity contribution in [2.24, 2.45) is 0 Å². The van der Waals surface area contributed by atoms with Gasteiger partial charge in [-0.05, 0) is 30.0 Å². The fourth-order valence-electron chi connectivity index (χ4n) is 2.76. The number of piperazine rings is 1. The van der Waals surface area contributed by atoms with E-state index in [1.165, 1.54) is 5.56 Å². The number of nitrogens with one attached hydrogen (secondary N) is 1. The molecule has 0 spiro atoms. The maximum Gasteiger partial charge on any atom is 0.321 e. The Morgan fingerprint density at radius 1 is 1.17 bits per heavy atom. The number of ether oxygens (including phenoxy) is 1. The quantitative estimate of drug-likeness (QED) is 0.820. The van der Waals surface area contributed by atoms with Crippen molar-refractivity contribution >= 4 is 11.7 Å². The van der Waals surface area contributed by atoms with Crippen molar-refractivity contribution in [3.8, 4) is 0 Å². The fraction of sp³-hybridized carbons (Fsp3) is 0.611. The Bertz CT molecular complexity index is 480. The monoisotopic (exact) mass is 319 g/mol. The Balaban J connectivity index is 1.76. The van der Waals surface area contributed by atoms with Crippen LogP contribution in [0.4, 0.5) is 10.5 Å². The van der Waals surface area contributed by atoms with Crippen molar-refractivity contribution in [3.05, 3.63) is 29.8 Å². The highest BCUT2D eigenvalue weighted by Gasteiger charge is 2.20. The molecular weight excluding hydrogens is 290 g/mol. The minimum absolute atomic E-state index is 0.00108. The third-order valence-electron chi connectivity index (χ3n) is 4.31. The van der Waals surface area contributed by atoms with Gasteiger partial charge in [0.05, 0.1) is 0 Å². The van der Waals surface area contributed by atoms with Gasteiger partial charge in [0, 0.05) is 52.1 Å². The average Bonchev–Trinajstić information content (AvgIpc) is 2.56. The van der Waals surface area contributed by atoms with Crippen LogP contribution < -0.4 is 5.32 Å². The lowest BCUT2D eigenvalue weighted by Gasteiger charge is -2.34. The van der Waals surface area contributed by atoms with Crippen molar-refractivity contribution in [1.82, 2.24) is 9.80 Å². The van der Waals surface area contributed by atoms with Crippen LogP contribution in [0, 0.1) is 0 Å². The van der Waals surface area contributed by atoms with Gasteiger partial charge in [0.25, 0.3) is 0 Å². The molecule has 0 saturated carbocycles. The molecule has 1 heterocycles. The van der Waals surface area contributed by atoms with E-state index in [9.17, 15) is 4.79 Å². The Morgan fingerprint density at radius 3 is 2.39 bits per heavy atom. The van der Waals surface area contributed by atoms with Crippen molar-refractivity contribution in [1.29, 1.82) is 0 Å². The molecule has 1 aromatic carbocycles. The first-order chi connectivity index (χ1) is 11.1. The first kappa shape index (κ1) is 17.8. The topological polar surface area (TPSA) is 44.8 Å². The van der Waals surface area contributed by atoms with Crippen LogP contribution in [-0.2, 0) is 4.74 Å². The van der Waals surface area contributed by atoms with Gasteiger partial charge in [0.15, 0.2) is 0 Å². The molecule has 0 unspecified atom stereocenters. The zero-order valence-electron chi connectivity index (χ0n) is 14.5. The van der Waals surface area contributed by atoms with Crippen molar-refractivity contribution < 1.29 is 9.53 Å². The molecule has 5 heteroatoms. The van der Waals surface area contributed by atoms with Crippen LogP contribution in [0.5, 0.6) is 0 Å². The molecule has 1 aliphatic rings. The zero-order chi connectivity index (χ0) is 16.7. The predicted molar refractivity (Wildman–Crippen MR) is 94.1 cm³/mol. The summed E-state index contributed by atoms with van der Waals surface area (Å²) in [5.41, 5.74) is 2.15. The first-order valence-electron chi connectivity index (χ1n) is 8.47. The van der Waals surface area contributed by atoms with Crippen molar-refractivity contribution in [2.45, 2.75) is 26.2 Å². The second kappa shape index (κ2) is 8.89. The van der Waals surface area contributed by atoms with Gasteiger partial charge in [0.2, 0.25) is 0 Å². The van der Waals surface area contributed by atoms with Crippen LogP contribution in [0.15, 0.2) is 24.3 Å². The van der Waals surface area contributed by atoms with E-state index in [1.54, 1.807) is 7.11 Å². The fourth-order valence-corrected chi connectivity index (χ4v) is 2.76. The first-order valence-corrected chi connectivity index (χ1v) is 8.47. The van der Waals surface area contributed by atoms with Crippen molar-refractivity contribution in [2.75, 3.05) is 51.8 Å². The second-order valence-electron chi connectivity index (χ2n) is 6.38. The van der Waals surface area contributed by atoms with Gasteiger partial charge < -0.3 is 15.0 Å². The SMILES string of the molecule is COCCCN1CCN(C(=O)Nc2ccc(C(C)C)cc2)CC1. The van der Waals surface area contributed by atoms with Crippen molar-refractivity contribution in [3.63, 3.8) is 0 Å². The smallest absolute Gasteiger partial charge is 0.321 e. The molecule has 0 aromatic heterocycles. The Hall–Kier alpha value is -1.59. The van der Waals surface area contributed by atoms with Gasteiger partial charge in [-0.25, -0.2) is 4.79 Å². The predicted octanol–water partition coefficient (Wildman–Crippen LogP) is 3.00. The molecule has 2 rings (SSSR count). The lowest BCUT2D eigenvalue weighted by molar-refractivity contribution is 0.130. The lowest BCUT2D eigenvalue weighted by atomic mass is 10.0. The molecule has 1 saturated heterocycles. The molecule has 1 fully saturated rings. The van der Waals surface area contributed by atoms with E-state index in [1.807, 2.05) is 17.0 Å². The molecule has 0 aliphatic carbocycles. The summed E-state index contributed by atoms with van der Waals surface area (Å²) >= 11 is 0. The van der Waals surface area contributed by atoms with Gasteiger partial charge in [-0.1, -0.05) is 26.0 Å². The van der Waals surface area contributed by atoms with Gasteiger partial charge in [-0.3, -0.25) is 4.90 Å². The van der Waals surface area contributed by atoms with Gasteiger partial charge >= 0.3 is 6.03 Å². The van der Waals surface area contributed by atoms with Gasteiger partial charge in [-0.2, -0.15) is 0 Å². The molecular formula is C18H29N3O2. The maximum atomic E-state index is 12.3. The van der Waals surface area contributed by atoms with E-state index in [-0.39, 0.29) is 6.03 Å². The number of benzene rings is 1. The van der Waals surface area contributed by atoms with Crippen LogP contribution in [-0.4, -0.2) is 62.3 Å². The number of carbonyl (C=O) groups excluding carboxylic acids is 1. The average molecular weight is 319 g/mol. The highest BCUT2D eigenvalue weighted by molar-refractivity contribution is 5.89. The normalized spacial score (nSPS) is 15.9. The highest BCUT2D eigenvalue weighted by Crippen LogP contribution is 2.17. The number of urea groups is 1. The molecule has 0 radical (unpaired) electrons. The molecule has 128 valence electrons. The number of hydrogen-bond acceptors (Lipinski definition) is 3. The standard InChI is InChI=1S/C18H29N3O2/c1-15(2)16-5-7-17(8-6-16)19-18(22)21-12-10-20(11-13-21)9-4-14-23-3/h5-8,15H,4,9-14H2,1-3H3,(H,19,22). The zero-order valence-corrected chi connectivity index (χ0v) is 14.5. The number of rotatable bonds is 6. The highest BCUT2D eigenvalue weighted by atomic mass is 16.5. The van der Waals surface area contributed by atoms with E-state index >= 15 is 0 Å². The summed E-state index contributed by atoms with van der Waals surface area (Å²) in [5.74, 6) is 0.505. The summed E-state index contributed by atoms with van der Waals surface area (Å²) in [4.78, 5) is 16.6. The number of nitrogens with zero attached hydrogens (tertiary/aromatic N) is 2. The van der Waals surface area contributed by atoms with Crippen LogP contribution in [0.25, 0.3) is 0 Å². The number of methoxy groups -OCH3 is 1. The Labute approximate surface area is 139 Å². The molecule has 5 nitrogen and oxygen atoms in total. The van der Waals surface area contributed by atoms with Crippen LogP contribution in [0.1, 0.15) is 31.7 Å². The molecule has 0 atom stereocenters. The number of amides is 2. The van der Waals surface area contributed by atoms with Gasteiger partial charge in [-0.15, -0.1) is 0 Å². The minimum atomic E-state index is -0.00108. The molecule has 23 heavy (non-hydrogen) atoms. The van der Waals surface area contributed by atoms with Crippen LogP contribution in [0.2, 0.25) is 0 Å². The van der Waals surface area contributed by atoms with Crippen LogP contribution >= 0.6 is 0 Å². The molecule has 1 aliphatic heterocycles. The van der Waals surface area contributed by atoms with E-state index in [0.29, 0.717) is 5.92 Å². The molecule has 1 aromatic rings. The summed E-state index contributed by atoms with van der Waals surface area (Å²) in [7, 11) is 1.73. The lowest BCUT2D eigenvalue weighted by Crippen LogP contribution is -2.50.